The van der Waals surface area contributed by atoms with Gasteiger partial charge in [-0.15, -0.1) is 0 Å². The largest absolute Gasteiger partial charge is 0.393 e. The van der Waals surface area contributed by atoms with Crippen LogP contribution in [0.1, 0.15) is 113 Å². The highest BCUT2D eigenvalue weighted by Crippen LogP contribution is 2.76. The Morgan fingerprint density at radius 3 is 2.17 bits per heavy atom. The Bertz CT molecular complexity index is 749. The van der Waals surface area contributed by atoms with Gasteiger partial charge in [-0.2, -0.15) is 0 Å². The molecule has 0 unspecified atom stereocenters. The van der Waals surface area contributed by atoms with E-state index < -0.39 is 0 Å². The standard InChI is InChI=1S/C29H48O/c1-19-20-8-11-23-27(5,21(20)9-10-22(19)30)15-17-29(7)24-18-25(2,3)12-13-26(24,4)14-16-28(23,29)6/h8,19,21-24,30H,9-18H2,1-7H3/t19-,21-,22+,23+,24-,26-,27+,28-,29+/m1/s1. The molecule has 0 aromatic heterocycles. The number of allylic oxidation sites excluding steroid dienone is 1. The summed E-state index contributed by atoms with van der Waals surface area (Å²) in [7, 11) is 0. The molecule has 0 aromatic rings. The quantitative estimate of drug-likeness (QED) is 0.403. The minimum absolute atomic E-state index is 0.114. The lowest BCUT2D eigenvalue weighted by Crippen LogP contribution is -2.65. The number of hydrogen-bond donors (Lipinski definition) is 1. The van der Waals surface area contributed by atoms with Crippen molar-refractivity contribution in [1.82, 2.24) is 0 Å². The van der Waals surface area contributed by atoms with Crippen LogP contribution in [0.25, 0.3) is 0 Å². The van der Waals surface area contributed by atoms with E-state index >= 15 is 0 Å². The Hall–Kier alpha value is -0.300. The normalized spacial score (nSPS) is 57.3. The maximum absolute atomic E-state index is 10.5. The van der Waals surface area contributed by atoms with Crippen LogP contribution in [0.15, 0.2) is 11.6 Å². The van der Waals surface area contributed by atoms with E-state index in [4.69, 9.17) is 0 Å². The van der Waals surface area contributed by atoms with Crippen LogP contribution in [0, 0.1) is 50.7 Å². The zero-order valence-electron chi connectivity index (χ0n) is 21.0. The number of hydrogen-bond acceptors (Lipinski definition) is 1. The Morgan fingerprint density at radius 1 is 0.800 bits per heavy atom. The van der Waals surface area contributed by atoms with Crippen LogP contribution < -0.4 is 0 Å². The topological polar surface area (TPSA) is 20.2 Å². The zero-order valence-corrected chi connectivity index (χ0v) is 21.0. The van der Waals surface area contributed by atoms with Crippen molar-refractivity contribution >= 4 is 0 Å². The molecule has 4 saturated carbocycles. The van der Waals surface area contributed by atoms with Gasteiger partial charge < -0.3 is 5.11 Å². The maximum Gasteiger partial charge on any atom is 0.0603 e. The van der Waals surface area contributed by atoms with E-state index in [1.807, 2.05) is 0 Å². The van der Waals surface area contributed by atoms with Crippen molar-refractivity contribution in [3.63, 3.8) is 0 Å². The molecule has 9 atom stereocenters. The summed E-state index contributed by atoms with van der Waals surface area (Å²) in [5.41, 5.74) is 4.08. The minimum atomic E-state index is -0.114. The van der Waals surface area contributed by atoms with Crippen LogP contribution in [-0.2, 0) is 0 Å². The molecule has 5 rings (SSSR count). The second kappa shape index (κ2) is 6.39. The van der Waals surface area contributed by atoms with Crippen molar-refractivity contribution in [2.24, 2.45) is 50.7 Å². The summed E-state index contributed by atoms with van der Waals surface area (Å²) in [6.07, 6.45) is 16.0. The van der Waals surface area contributed by atoms with Gasteiger partial charge in [-0.25, -0.2) is 0 Å². The van der Waals surface area contributed by atoms with Crippen molar-refractivity contribution < 1.29 is 5.11 Å². The predicted molar refractivity (Wildman–Crippen MR) is 126 cm³/mol. The Kier molecular flexibility index (Phi) is 4.59. The molecule has 0 aromatic carbocycles. The summed E-state index contributed by atoms with van der Waals surface area (Å²) in [4.78, 5) is 0. The predicted octanol–water partition coefficient (Wildman–Crippen LogP) is 7.78. The van der Waals surface area contributed by atoms with Gasteiger partial charge in [-0.1, -0.05) is 60.1 Å². The lowest BCUT2D eigenvalue weighted by Gasteiger charge is -2.73. The monoisotopic (exact) mass is 412 g/mol. The van der Waals surface area contributed by atoms with Gasteiger partial charge in [0.25, 0.3) is 0 Å². The third-order valence-corrected chi connectivity index (χ3v) is 12.6. The molecule has 4 fully saturated rings. The van der Waals surface area contributed by atoms with Gasteiger partial charge >= 0.3 is 0 Å². The molecule has 0 bridgehead atoms. The van der Waals surface area contributed by atoms with Crippen molar-refractivity contribution in [3.05, 3.63) is 11.6 Å². The molecule has 0 radical (unpaired) electrons. The first kappa shape index (κ1) is 21.5. The third kappa shape index (κ3) is 2.63. The van der Waals surface area contributed by atoms with Crippen molar-refractivity contribution in [2.45, 2.75) is 119 Å². The highest BCUT2D eigenvalue weighted by molar-refractivity contribution is 5.27. The van der Waals surface area contributed by atoms with Crippen LogP contribution in [0.2, 0.25) is 0 Å². The second-order valence-corrected chi connectivity index (χ2v) is 14.4. The first-order valence-corrected chi connectivity index (χ1v) is 13.2. The van der Waals surface area contributed by atoms with Crippen LogP contribution in [-0.4, -0.2) is 11.2 Å². The van der Waals surface area contributed by atoms with E-state index in [-0.39, 0.29) is 6.10 Å². The Labute approximate surface area is 186 Å². The van der Waals surface area contributed by atoms with Crippen LogP contribution in [0.5, 0.6) is 0 Å². The highest BCUT2D eigenvalue weighted by atomic mass is 16.3. The van der Waals surface area contributed by atoms with Crippen molar-refractivity contribution in [3.8, 4) is 0 Å². The van der Waals surface area contributed by atoms with Crippen LogP contribution in [0.4, 0.5) is 0 Å². The van der Waals surface area contributed by atoms with Crippen molar-refractivity contribution in [1.29, 1.82) is 0 Å². The molecule has 0 saturated heterocycles. The molecule has 5 aliphatic rings. The summed E-state index contributed by atoms with van der Waals surface area (Å²) in [6.45, 7) is 18.2. The molecule has 1 heteroatoms. The molecule has 5 aliphatic carbocycles. The SMILES string of the molecule is C[C@@H]1C2=CC[C@H]3[C@@](C)(CC[C@@]4(C)[C@@H]5CC(C)(C)CC[C@]5(C)CC[C@]34C)[C@@H]2CC[C@@H]1O. The van der Waals surface area contributed by atoms with Crippen LogP contribution in [0.3, 0.4) is 0 Å². The first-order chi connectivity index (χ1) is 13.9. The number of aliphatic hydroxyl groups excluding tert-OH is 1. The molecular weight excluding hydrogens is 364 g/mol. The minimum Gasteiger partial charge on any atom is -0.393 e. The number of fused-ring (bicyclic) bond motifs is 7. The lowest BCUT2D eigenvalue weighted by atomic mass is 9.32. The van der Waals surface area contributed by atoms with E-state index in [9.17, 15) is 5.11 Å². The van der Waals surface area contributed by atoms with Gasteiger partial charge in [0.2, 0.25) is 0 Å². The molecule has 0 amide bonds. The second-order valence-electron chi connectivity index (χ2n) is 14.4. The summed E-state index contributed by atoms with van der Waals surface area (Å²) in [6, 6.07) is 0. The fourth-order valence-corrected chi connectivity index (χ4v) is 10.2. The van der Waals surface area contributed by atoms with Crippen LogP contribution >= 0.6 is 0 Å². The first-order valence-electron chi connectivity index (χ1n) is 13.2. The fraction of sp³-hybridized carbons (Fsp3) is 0.931. The average Bonchev–Trinajstić information content (AvgIpc) is 2.68. The number of aliphatic hydroxyl groups is 1. The molecule has 1 N–H and O–H groups in total. The third-order valence-electron chi connectivity index (χ3n) is 12.6. The molecule has 0 spiro atoms. The smallest absolute Gasteiger partial charge is 0.0603 e. The average molecular weight is 413 g/mol. The summed E-state index contributed by atoms with van der Waals surface area (Å²) >= 11 is 0. The van der Waals surface area contributed by atoms with E-state index in [2.05, 4.69) is 54.5 Å². The molecule has 0 heterocycles. The van der Waals surface area contributed by atoms with E-state index in [1.54, 1.807) is 5.57 Å². The van der Waals surface area contributed by atoms with Gasteiger partial charge in [0.05, 0.1) is 6.10 Å². The summed E-state index contributed by atoms with van der Waals surface area (Å²) < 4.78 is 0. The molecule has 30 heavy (non-hydrogen) atoms. The Balaban J connectivity index is 1.55. The lowest BCUT2D eigenvalue weighted by molar-refractivity contribution is -0.229. The summed E-state index contributed by atoms with van der Waals surface area (Å²) in [5, 5.41) is 10.5. The molecular formula is C29H48O. The molecule has 0 aliphatic heterocycles. The highest BCUT2D eigenvalue weighted by Gasteiger charge is 2.68. The van der Waals surface area contributed by atoms with E-state index in [1.165, 1.54) is 57.8 Å². The van der Waals surface area contributed by atoms with E-state index in [0.717, 1.165) is 18.3 Å². The van der Waals surface area contributed by atoms with E-state index in [0.29, 0.717) is 38.9 Å². The van der Waals surface area contributed by atoms with Gasteiger partial charge in [-0.3, -0.25) is 0 Å². The zero-order chi connectivity index (χ0) is 21.7. The maximum atomic E-state index is 10.5. The molecule has 170 valence electrons. The fourth-order valence-electron chi connectivity index (χ4n) is 10.2. The van der Waals surface area contributed by atoms with Crippen molar-refractivity contribution in [2.75, 3.05) is 0 Å². The van der Waals surface area contributed by atoms with Gasteiger partial charge in [0, 0.05) is 5.92 Å². The number of rotatable bonds is 0. The molecule has 1 nitrogen and oxygen atoms in total. The Morgan fingerprint density at radius 2 is 1.43 bits per heavy atom. The van der Waals surface area contributed by atoms with Gasteiger partial charge in [-0.05, 0) is 109 Å². The van der Waals surface area contributed by atoms with Gasteiger partial charge in [0.15, 0.2) is 0 Å². The summed E-state index contributed by atoms with van der Waals surface area (Å²) in [5.74, 6) is 2.78. The van der Waals surface area contributed by atoms with Gasteiger partial charge in [0.1, 0.15) is 0 Å².